The predicted molar refractivity (Wildman–Crippen MR) is 64.5 cm³/mol. The Labute approximate surface area is 101 Å². The molecule has 1 N–H and O–H groups in total. The third kappa shape index (κ3) is 2.39. The summed E-state index contributed by atoms with van der Waals surface area (Å²) in [6, 6.07) is 1.93. The highest BCUT2D eigenvalue weighted by atomic mass is 16.3. The molecule has 0 spiro atoms. The van der Waals surface area contributed by atoms with Gasteiger partial charge in [-0.25, -0.2) is 4.98 Å². The molecule has 0 aliphatic carbocycles. The largest absolute Gasteiger partial charge is 0.386 e. The quantitative estimate of drug-likeness (QED) is 0.865. The van der Waals surface area contributed by atoms with Crippen molar-refractivity contribution in [3.63, 3.8) is 0 Å². The smallest absolute Gasteiger partial charge is 0.111 e. The van der Waals surface area contributed by atoms with Crippen LogP contribution in [0, 0.1) is 6.92 Å². The molecule has 0 fully saturated rings. The number of aromatic nitrogens is 4. The SMILES string of the molecule is CCn1nc(C)cc1C(O)Cc1nccn1C. The lowest BCUT2D eigenvalue weighted by atomic mass is 10.1. The van der Waals surface area contributed by atoms with Gasteiger partial charge in [-0.15, -0.1) is 0 Å². The number of hydrogen-bond acceptors (Lipinski definition) is 3. The van der Waals surface area contributed by atoms with E-state index in [-0.39, 0.29) is 0 Å². The van der Waals surface area contributed by atoms with Crippen LogP contribution in [0.15, 0.2) is 18.5 Å². The number of aryl methyl sites for hydroxylation is 3. The van der Waals surface area contributed by atoms with Crippen LogP contribution in [0.3, 0.4) is 0 Å². The van der Waals surface area contributed by atoms with Gasteiger partial charge in [-0.2, -0.15) is 5.10 Å². The van der Waals surface area contributed by atoms with E-state index >= 15 is 0 Å². The Balaban J connectivity index is 2.19. The van der Waals surface area contributed by atoms with Crippen LogP contribution < -0.4 is 0 Å². The van der Waals surface area contributed by atoms with Crippen molar-refractivity contribution in [3.8, 4) is 0 Å². The van der Waals surface area contributed by atoms with E-state index < -0.39 is 6.10 Å². The summed E-state index contributed by atoms with van der Waals surface area (Å²) in [6.07, 6.45) is 3.57. The fourth-order valence-electron chi connectivity index (χ4n) is 1.96. The van der Waals surface area contributed by atoms with Crippen molar-refractivity contribution in [1.82, 2.24) is 19.3 Å². The molecule has 0 saturated heterocycles. The van der Waals surface area contributed by atoms with Crippen molar-refractivity contribution in [3.05, 3.63) is 35.7 Å². The predicted octanol–water partition coefficient (Wildman–Crippen LogP) is 1.22. The molecular weight excluding hydrogens is 216 g/mol. The van der Waals surface area contributed by atoms with Gasteiger partial charge >= 0.3 is 0 Å². The monoisotopic (exact) mass is 234 g/mol. The molecule has 2 rings (SSSR count). The van der Waals surface area contributed by atoms with Crippen molar-refractivity contribution >= 4 is 0 Å². The van der Waals surface area contributed by atoms with Crippen LogP contribution in [-0.4, -0.2) is 24.4 Å². The Morgan fingerprint density at radius 2 is 2.24 bits per heavy atom. The fourth-order valence-corrected chi connectivity index (χ4v) is 1.96. The van der Waals surface area contributed by atoms with Gasteiger partial charge in [0.15, 0.2) is 0 Å². The van der Waals surface area contributed by atoms with Gasteiger partial charge in [0.1, 0.15) is 11.9 Å². The summed E-state index contributed by atoms with van der Waals surface area (Å²) < 4.78 is 3.76. The highest BCUT2D eigenvalue weighted by molar-refractivity contribution is 5.13. The molecule has 5 heteroatoms. The lowest BCUT2D eigenvalue weighted by Crippen LogP contribution is -2.12. The molecule has 1 unspecified atom stereocenters. The number of nitrogens with zero attached hydrogens (tertiary/aromatic N) is 4. The summed E-state index contributed by atoms with van der Waals surface area (Å²) in [6.45, 7) is 4.72. The summed E-state index contributed by atoms with van der Waals surface area (Å²) in [5, 5.41) is 14.6. The molecule has 92 valence electrons. The summed E-state index contributed by atoms with van der Waals surface area (Å²) in [7, 11) is 1.93. The first-order valence-electron chi connectivity index (χ1n) is 5.80. The third-order valence-corrected chi connectivity index (χ3v) is 2.87. The van der Waals surface area contributed by atoms with E-state index in [0.29, 0.717) is 6.42 Å². The average molecular weight is 234 g/mol. The summed E-state index contributed by atoms with van der Waals surface area (Å²) in [5.74, 6) is 0.874. The van der Waals surface area contributed by atoms with Crippen LogP contribution in [0.4, 0.5) is 0 Å². The molecule has 1 atom stereocenters. The lowest BCUT2D eigenvalue weighted by Gasteiger charge is -2.12. The highest BCUT2D eigenvalue weighted by Gasteiger charge is 2.16. The zero-order chi connectivity index (χ0) is 12.4. The molecule has 0 aromatic carbocycles. The van der Waals surface area contributed by atoms with Crippen LogP contribution >= 0.6 is 0 Å². The van der Waals surface area contributed by atoms with Gasteiger partial charge in [0.25, 0.3) is 0 Å². The van der Waals surface area contributed by atoms with E-state index in [1.807, 2.05) is 42.4 Å². The van der Waals surface area contributed by atoms with Crippen molar-refractivity contribution in [2.75, 3.05) is 0 Å². The van der Waals surface area contributed by atoms with Crippen LogP contribution in [0.2, 0.25) is 0 Å². The van der Waals surface area contributed by atoms with Gasteiger partial charge in [0.2, 0.25) is 0 Å². The van der Waals surface area contributed by atoms with Crippen molar-refractivity contribution < 1.29 is 5.11 Å². The topological polar surface area (TPSA) is 55.9 Å². The Hall–Kier alpha value is -1.62. The first-order chi connectivity index (χ1) is 8.11. The number of aliphatic hydroxyl groups is 1. The van der Waals surface area contributed by atoms with Gasteiger partial charge in [0, 0.05) is 32.4 Å². The first kappa shape index (κ1) is 11.9. The molecule has 0 aliphatic rings. The molecule has 0 amide bonds. The van der Waals surface area contributed by atoms with Crippen LogP contribution in [-0.2, 0) is 20.0 Å². The molecule has 2 heterocycles. The number of hydrogen-bond donors (Lipinski definition) is 1. The van der Waals surface area contributed by atoms with E-state index in [4.69, 9.17) is 0 Å². The van der Waals surface area contributed by atoms with Gasteiger partial charge in [-0.05, 0) is 19.9 Å². The van der Waals surface area contributed by atoms with E-state index in [1.54, 1.807) is 6.20 Å². The number of aliphatic hydroxyl groups excluding tert-OH is 1. The van der Waals surface area contributed by atoms with E-state index in [9.17, 15) is 5.11 Å². The summed E-state index contributed by atoms with van der Waals surface area (Å²) in [4.78, 5) is 4.22. The Morgan fingerprint density at radius 1 is 1.47 bits per heavy atom. The van der Waals surface area contributed by atoms with Gasteiger partial charge in [-0.1, -0.05) is 0 Å². The Kier molecular flexibility index (Phi) is 3.28. The van der Waals surface area contributed by atoms with Crippen molar-refractivity contribution in [2.45, 2.75) is 32.9 Å². The lowest BCUT2D eigenvalue weighted by molar-refractivity contribution is 0.163. The van der Waals surface area contributed by atoms with Crippen LogP contribution in [0.1, 0.15) is 30.2 Å². The minimum absolute atomic E-state index is 0.509. The average Bonchev–Trinajstić information content (AvgIpc) is 2.85. The number of rotatable bonds is 4. The Morgan fingerprint density at radius 3 is 2.82 bits per heavy atom. The van der Waals surface area contributed by atoms with E-state index in [1.165, 1.54) is 0 Å². The van der Waals surface area contributed by atoms with Crippen LogP contribution in [0.25, 0.3) is 0 Å². The molecule has 2 aromatic heterocycles. The maximum Gasteiger partial charge on any atom is 0.111 e. The second kappa shape index (κ2) is 4.71. The second-order valence-corrected chi connectivity index (χ2v) is 4.20. The van der Waals surface area contributed by atoms with Gasteiger partial charge in [-0.3, -0.25) is 4.68 Å². The van der Waals surface area contributed by atoms with Gasteiger partial charge in [0.05, 0.1) is 11.4 Å². The fraction of sp³-hybridized carbons (Fsp3) is 0.500. The maximum absolute atomic E-state index is 10.2. The van der Waals surface area contributed by atoms with Crippen molar-refractivity contribution in [2.24, 2.45) is 7.05 Å². The first-order valence-corrected chi connectivity index (χ1v) is 5.80. The number of imidazole rings is 1. The highest BCUT2D eigenvalue weighted by Crippen LogP contribution is 2.18. The van der Waals surface area contributed by atoms with E-state index in [0.717, 1.165) is 23.8 Å². The molecule has 5 nitrogen and oxygen atoms in total. The molecular formula is C12H18N4O. The van der Waals surface area contributed by atoms with E-state index in [2.05, 4.69) is 10.1 Å². The second-order valence-electron chi connectivity index (χ2n) is 4.20. The molecule has 0 radical (unpaired) electrons. The third-order valence-electron chi connectivity index (χ3n) is 2.87. The minimum Gasteiger partial charge on any atom is -0.386 e. The summed E-state index contributed by atoms with van der Waals surface area (Å²) >= 11 is 0. The minimum atomic E-state index is -0.558. The normalized spacial score (nSPS) is 12.9. The molecule has 0 saturated carbocycles. The molecule has 2 aromatic rings. The molecule has 0 bridgehead atoms. The maximum atomic E-state index is 10.2. The van der Waals surface area contributed by atoms with Gasteiger partial charge < -0.3 is 9.67 Å². The van der Waals surface area contributed by atoms with Crippen LogP contribution in [0.5, 0.6) is 0 Å². The summed E-state index contributed by atoms with van der Waals surface area (Å²) in [5.41, 5.74) is 1.79. The van der Waals surface area contributed by atoms with Crippen molar-refractivity contribution in [1.29, 1.82) is 0 Å². The molecule has 0 aliphatic heterocycles. The zero-order valence-electron chi connectivity index (χ0n) is 10.5. The Bertz CT molecular complexity index is 500. The molecule has 17 heavy (non-hydrogen) atoms. The standard InChI is InChI=1S/C12H18N4O/c1-4-16-10(7-9(2)14-16)11(17)8-12-13-5-6-15(12)3/h5-7,11,17H,4,8H2,1-3H3. The zero-order valence-corrected chi connectivity index (χ0v) is 10.5.